The number of benzene rings is 2. The van der Waals surface area contributed by atoms with Crippen LogP contribution in [0.4, 0.5) is 22.0 Å². The van der Waals surface area contributed by atoms with Crippen molar-refractivity contribution in [3.8, 4) is 16.9 Å². The third kappa shape index (κ3) is 8.53. The standard InChI is InChI=1S/C26H25F5N6O3/c27-19-4-8-22(23(28)11-19)25(14-34-16-36-37-33,40-24(38)9-10-32)12-20-5-1-18(13-35-20)17-2-6-21(7-3-17)39-15-26(29,30)31/h1-8,11,13,16H,9-10,12,14-15,32H2,(H2,33,34,36). The summed E-state index contributed by atoms with van der Waals surface area (Å²) in [5, 5.41) is 6.47. The maximum absolute atomic E-state index is 15.0. The molecule has 3 rings (SSSR count). The van der Waals surface area contributed by atoms with Crippen molar-refractivity contribution in [3.05, 3.63) is 83.7 Å². The number of aliphatic imine (C=N–C) groups is 1. The van der Waals surface area contributed by atoms with Crippen LogP contribution in [0.2, 0.25) is 0 Å². The second kappa shape index (κ2) is 13.6. The van der Waals surface area contributed by atoms with Crippen molar-refractivity contribution in [2.24, 2.45) is 26.9 Å². The lowest BCUT2D eigenvalue weighted by molar-refractivity contribution is -0.160. The molecule has 212 valence electrons. The van der Waals surface area contributed by atoms with E-state index in [4.69, 9.17) is 21.1 Å². The van der Waals surface area contributed by atoms with Gasteiger partial charge in [-0.05, 0) is 35.9 Å². The number of nitrogens with zero attached hydrogens (tertiary/aromatic N) is 4. The van der Waals surface area contributed by atoms with E-state index < -0.39 is 36.0 Å². The zero-order valence-corrected chi connectivity index (χ0v) is 20.9. The molecule has 4 N–H and O–H groups in total. The summed E-state index contributed by atoms with van der Waals surface area (Å²) in [6.07, 6.45) is -2.33. The molecular weight excluding hydrogens is 539 g/mol. The Morgan fingerprint density at radius 1 is 1.02 bits per heavy atom. The predicted molar refractivity (Wildman–Crippen MR) is 135 cm³/mol. The van der Waals surface area contributed by atoms with Crippen LogP contribution in [0.15, 0.2) is 76.1 Å². The second-order valence-electron chi connectivity index (χ2n) is 8.46. The zero-order chi connectivity index (χ0) is 29.2. The first-order valence-corrected chi connectivity index (χ1v) is 11.8. The number of halogens is 5. The van der Waals surface area contributed by atoms with Crippen molar-refractivity contribution in [1.29, 1.82) is 0 Å². The number of ether oxygens (including phenoxy) is 2. The third-order valence-electron chi connectivity index (χ3n) is 5.51. The topological polar surface area (TPSA) is 138 Å². The number of nitrogens with two attached hydrogens (primary N) is 2. The summed E-state index contributed by atoms with van der Waals surface area (Å²) in [5.41, 5.74) is 5.17. The lowest BCUT2D eigenvalue weighted by atomic mass is 9.87. The molecule has 3 aromatic rings. The SMILES string of the molecule is NCCC(=O)OC(CN=CN=NN)(Cc1ccc(-c2ccc(OCC(F)(F)F)cc2)cn1)c1ccc(F)cc1F. The van der Waals surface area contributed by atoms with Gasteiger partial charge in [0.05, 0.1) is 13.0 Å². The van der Waals surface area contributed by atoms with E-state index in [9.17, 15) is 22.4 Å². The fourth-order valence-electron chi connectivity index (χ4n) is 3.76. The van der Waals surface area contributed by atoms with Gasteiger partial charge in [-0.15, -0.1) is 5.11 Å². The number of hydrogen-bond acceptors (Lipinski definition) is 7. The van der Waals surface area contributed by atoms with Crippen LogP contribution in [0.3, 0.4) is 0 Å². The van der Waals surface area contributed by atoms with Crippen molar-refractivity contribution in [2.45, 2.75) is 24.6 Å². The number of rotatable bonds is 12. The molecule has 0 aliphatic carbocycles. The fraction of sp³-hybridized carbons (Fsp3) is 0.269. The summed E-state index contributed by atoms with van der Waals surface area (Å²) in [4.78, 5) is 21.0. The normalized spacial score (nSPS) is 13.4. The van der Waals surface area contributed by atoms with Gasteiger partial charge in [-0.3, -0.25) is 14.8 Å². The largest absolute Gasteiger partial charge is 0.484 e. The van der Waals surface area contributed by atoms with Gasteiger partial charge >= 0.3 is 12.1 Å². The molecule has 1 atom stereocenters. The van der Waals surface area contributed by atoms with Gasteiger partial charge in [0.2, 0.25) is 0 Å². The van der Waals surface area contributed by atoms with Crippen molar-refractivity contribution in [2.75, 3.05) is 19.7 Å². The molecule has 0 spiro atoms. The van der Waals surface area contributed by atoms with Gasteiger partial charge in [0.25, 0.3) is 0 Å². The maximum Gasteiger partial charge on any atom is 0.422 e. The van der Waals surface area contributed by atoms with Gasteiger partial charge in [0.1, 0.15) is 23.7 Å². The Kier molecular flexibility index (Phi) is 10.2. The van der Waals surface area contributed by atoms with Crippen LogP contribution < -0.4 is 16.3 Å². The summed E-state index contributed by atoms with van der Waals surface area (Å²) < 4.78 is 76.3. The number of carbonyl (C=O) groups excluding carboxylic acids is 1. The molecule has 0 saturated heterocycles. The number of aromatic nitrogens is 1. The van der Waals surface area contributed by atoms with E-state index in [-0.39, 0.29) is 37.2 Å². The summed E-state index contributed by atoms with van der Waals surface area (Å²) in [6.45, 7) is -1.78. The Hall–Kier alpha value is -4.46. The number of alkyl halides is 3. The Labute approximate surface area is 225 Å². The molecule has 0 aliphatic rings. The first kappa shape index (κ1) is 30.1. The number of esters is 1. The molecule has 0 radical (unpaired) electrons. The Balaban J connectivity index is 1.93. The molecule has 1 unspecified atom stereocenters. The van der Waals surface area contributed by atoms with Crippen LogP contribution >= 0.6 is 0 Å². The van der Waals surface area contributed by atoms with Crippen LogP contribution in [-0.4, -0.2) is 43.2 Å². The second-order valence-corrected chi connectivity index (χ2v) is 8.46. The molecule has 1 aromatic heterocycles. The highest BCUT2D eigenvalue weighted by molar-refractivity contribution is 5.70. The maximum atomic E-state index is 15.0. The highest BCUT2D eigenvalue weighted by atomic mass is 19.4. The first-order chi connectivity index (χ1) is 19.0. The van der Waals surface area contributed by atoms with Crippen molar-refractivity contribution < 1.29 is 36.2 Å². The van der Waals surface area contributed by atoms with Crippen LogP contribution in [0.25, 0.3) is 11.1 Å². The zero-order valence-electron chi connectivity index (χ0n) is 20.9. The van der Waals surface area contributed by atoms with Gasteiger partial charge in [0.15, 0.2) is 12.2 Å². The molecule has 2 aromatic carbocycles. The molecule has 1 heterocycles. The molecule has 40 heavy (non-hydrogen) atoms. The predicted octanol–water partition coefficient (Wildman–Crippen LogP) is 4.65. The van der Waals surface area contributed by atoms with Crippen LogP contribution in [0.1, 0.15) is 17.7 Å². The quantitative estimate of drug-likeness (QED) is 0.0625. The third-order valence-corrected chi connectivity index (χ3v) is 5.51. The number of pyridine rings is 1. The van der Waals surface area contributed by atoms with Gasteiger partial charge in [-0.25, -0.2) is 8.78 Å². The number of hydrogen-bond donors (Lipinski definition) is 2. The van der Waals surface area contributed by atoms with Crippen molar-refractivity contribution in [1.82, 2.24) is 4.98 Å². The van der Waals surface area contributed by atoms with E-state index >= 15 is 4.39 Å². The van der Waals surface area contributed by atoms with Gasteiger partial charge in [-0.1, -0.05) is 23.4 Å². The summed E-state index contributed by atoms with van der Waals surface area (Å²) in [6, 6.07) is 12.0. The van der Waals surface area contributed by atoms with E-state index in [0.717, 1.165) is 18.5 Å². The average Bonchev–Trinajstić information content (AvgIpc) is 2.90. The molecule has 0 saturated carbocycles. The molecule has 0 bridgehead atoms. The molecule has 0 amide bonds. The number of carbonyl (C=O) groups is 1. The van der Waals surface area contributed by atoms with Crippen molar-refractivity contribution in [3.63, 3.8) is 0 Å². The lowest BCUT2D eigenvalue weighted by Gasteiger charge is -2.33. The van der Waals surface area contributed by atoms with E-state index in [0.29, 0.717) is 22.9 Å². The van der Waals surface area contributed by atoms with Gasteiger partial charge in [0, 0.05) is 42.0 Å². The van der Waals surface area contributed by atoms with E-state index in [1.165, 1.54) is 18.3 Å². The smallest absolute Gasteiger partial charge is 0.422 e. The minimum absolute atomic E-state index is 0.0293. The van der Waals surface area contributed by atoms with Gasteiger partial charge < -0.3 is 21.1 Å². The molecular formula is C26H25F5N6O3. The Morgan fingerprint density at radius 2 is 1.75 bits per heavy atom. The summed E-state index contributed by atoms with van der Waals surface area (Å²) in [7, 11) is 0. The van der Waals surface area contributed by atoms with Crippen LogP contribution in [-0.2, 0) is 21.6 Å². The minimum atomic E-state index is -4.46. The molecule has 14 heteroatoms. The highest BCUT2D eigenvalue weighted by Crippen LogP contribution is 2.34. The molecule has 0 fully saturated rings. The van der Waals surface area contributed by atoms with Gasteiger partial charge in [-0.2, -0.15) is 13.2 Å². The molecule has 0 aliphatic heterocycles. The monoisotopic (exact) mass is 564 g/mol. The van der Waals surface area contributed by atoms with E-state index in [1.54, 1.807) is 24.3 Å². The summed E-state index contributed by atoms with van der Waals surface area (Å²) in [5.74, 6) is 2.48. The Morgan fingerprint density at radius 3 is 2.35 bits per heavy atom. The molecule has 9 nitrogen and oxygen atoms in total. The Bertz CT molecular complexity index is 1330. The lowest BCUT2D eigenvalue weighted by Crippen LogP contribution is -2.39. The van der Waals surface area contributed by atoms with E-state index in [1.807, 2.05) is 0 Å². The van der Waals surface area contributed by atoms with Crippen LogP contribution in [0, 0.1) is 11.6 Å². The average molecular weight is 565 g/mol. The highest BCUT2D eigenvalue weighted by Gasteiger charge is 2.39. The van der Waals surface area contributed by atoms with E-state index in [2.05, 4.69) is 20.3 Å². The minimum Gasteiger partial charge on any atom is -0.484 e. The fourth-order valence-corrected chi connectivity index (χ4v) is 3.76. The first-order valence-electron chi connectivity index (χ1n) is 11.8. The van der Waals surface area contributed by atoms with Crippen LogP contribution in [0.5, 0.6) is 5.75 Å². The van der Waals surface area contributed by atoms with Crippen molar-refractivity contribution >= 4 is 12.3 Å². The summed E-state index contributed by atoms with van der Waals surface area (Å²) >= 11 is 0.